The number of amides is 1. The van der Waals surface area contributed by atoms with Crippen LogP contribution < -0.4 is 5.32 Å². The van der Waals surface area contributed by atoms with Gasteiger partial charge in [-0.1, -0.05) is 6.07 Å². The van der Waals surface area contributed by atoms with E-state index >= 15 is 0 Å². The Bertz CT molecular complexity index is 690. The summed E-state index contributed by atoms with van der Waals surface area (Å²) >= 11 is 1.56. The highest BCUT2D eigenvalue weighted by atomic mass is 32.1. The minimum atomic E-state index is -0.0556. The first-order chi connectivity index (χ1) is 9.72. The molecule has 0 radical (unpaired) electrons. The molecule has 1 unspecified atom stereocenters. The monoisotopic (exact) mass is 286 g/mol. The Morgan fingerprint density at radius 2 is 2.45 bits per heavy atom. The van der Waals surface area contributed by atoms with Crippen molar-refractivity contribution in [3.63, 3.8) is 0 Å². The van der Waals surface area contributed by atoms with Crippen LogP contribution in [0.25, 0.3) is 4.96 Å². The van der Waals surface area contributed by atoms with Gasteiger partial charge < -0.3 is 5.32 Å². The number of hydrogen-bond donors (Lipinski definition) is 1. The Morgan fingerprint density at radius 1 is 1.55 bits per heavy atom. The maximum atomic E-state index is 12.0. The molecule has 3 rings (SSSR count). The summed E-state index contributed by atoms with van der Waals surface area (Å²) in [5, 5.41) is 4.93. The maximum Gasteiger partial charge on any atom is 0.226 e. The molecule has 3 aromatic heterocycles. The zero-order chi connectivity index (χ0) is 13.9. The molecule has 0 aliphatic heterocycles. The van der Waals surface area contributed by atoms with Crippen molar-refractivity contribution >= 4 is 22.2 Å². The van der Waals surface area contributed by atoms with E-state index in [1.54, 1.807) is 23.7 Å². The van der Waals surface area contributed by atoms with E-state index in [9.17, 15) is 4.79 Å². The molecule has 0 fully saturated rings. The minimum Gasteiger partial charge on any atom is -0.349 e. The summed E-state index contributed by atoms with van der Waals surface area (Å²) < 4.78 is 1.93. The molecule has 5 nitrogen and oxygen atoms in total. The van der Waals surface area contributed by atoms with Gasteiger partial charge in [0.1, 0.15) is 0 Å². The molecule has 0 aromatic carbocycles. The van der Waals surface area contributed by atoms with E-state index in [0.29, 0.717) is 6.42 Å². The summed E-state index contributed by atoms with van der Waals surface area (Å²) in [5.41, 5.74) is 1.78. The zero-order valence-corrected chi connectivity index (χ0v) is 11.8. The summed E-state index contributed by atoms with van der Waals surface area (Å²) in [5.74, 6) is -0.0351. The van der Waals surface area contributed by atoms with E-state index in [1.165, 1.54) is 0 Å². The van der Waals surface area contributed by atoms with Crippen molar-refractivity contribution in [3.8, 4) is 0 Å². The summed E-state index contributed by atoms with van der Waals surface area (Å²) in [6, 6.07) is 3.76. The number of nitrogens with zero attached hydrogens (tertiary/aromatic N) is 3. The number of rotatable bonds is 4. The van der Waals surface area contributed by atoms with Gasteiger partial charge in [-0.15, -0.1) is 11.3 Å². The molecule has 1 atom stereocenters. The van der Waals surface area contributed by atoms with Crippen LogP contribution in [0.2, 0.25) is 0 Å². The lowest BCUT2D eigenvalue weighted by Crippen LogP contribution is -2.28. The lowest BCUT2D eigenvalue weighted by Gasteiger charge is -2.13. The van der Waals surface area contributed by atoms with E-state index in [2.05, 4.69) is 15.3 Å². The number of fused-ring (bicyclic) bond motifs is 1. The van der Waals surface area contributed by atoms with Crippen LogP contribution in [-0.2, 0) is 11.2 Å². The van der Waals surface area contributed by atoms with Crippen LogP contribution in [0.5, 0.6) is 0 Å². The predicted octanol–water partition coefficient (Wildman–Crippen LogP) is 2.21. The van der Waals surface area contributed by atoms with Crippen LogP contribution >= 0.6 is 11.3 Å². The van der Waals surface area contributed by atoms with Crippen molar-refractivity contribution < 1.29 is 4.79 Å². The normalized spacial score (nSPS) is 12.4. The van der Waals surface area contributed by atoms with Crippen molar-refractivity contribution in [1.29, 1.82) is 0 Å². The molecule has 3 aromatic rings. The Balaban J connectivity index is 1.63. The lowest BCUT2D eigenvalue weighted by atomic mass is 10.1. The fourth-order valence-electron chi connectivity index (χ4n) is 2.03. The van der Waals surface area contributed by atoms with Gasteiger partial charge in [0.05, 0.1) is 18.2 Å². The number of carbonyl (C=O) groups is 1. The Hall–Kier alpha value is -2.21. The Kier molecular flexibility index (Phi) is 3.47. The quantitative estimate of drug-likeness (QED) is 0.800. The highest BCUT2D eigenvalue weighted by Gasteiger charge is 2.12. The molecule has 102 valence electrons. The van der Waals surface area contributed by atoms with E-state index in [-0.39, 0.29) is 11.9 Å². The van der Waals surface area contributed by atoms with Gasteiger partial charge in [0.15, 0.2) is 4.96 Å². The molecule has 0 bridgehead atoms. The minimum absolute atomic E-state index is 0.0351. The number of hydrogen-bond acceptors (Lipinski definition) is 4. The Morgan fingerprint density at radius 3 is 3.20 bits per heavy atom. The smallest absolute Gasteiger partial charge is 0.226 e. The highest BCUT2D eigenvalue weighted by molar-refractivity contribution is 7.15. The van der Waals surface area contributed by atoms with Crippen LogP contribution in [0.15, 0.2) is 42.3 Å². The molecule has 1 amide bonds. The molecule has 3 heterocycles. The van der Waals surface area contributed by atoms with Gasteiger partial charge in [0.25, 0.3) is 0 Å². The number of nitrogens with one attached hydrogen (secondary N) is 1. The van der Waals surface area contributed by atoms with Crippen LogP contribution in [0.1, 0.15) is 24.2 Å². The number of carbonyl (C=O) groups excluding carboxylic acids is 1. The molecule has 6 heteroatoms. The summed E-state index contributed by atoms with van der Waals surface area (Å²) in [7, 11) is 0. The highest BCUT2D eigenvalue weighted by Crippen LogP contribution is 2.13. The molecule has 0 aliphatic rings. The van der Waals surface area contributed by atoms with E-state index in [4.69, 9.17) is 0 Å². The van der Waals surface area contributed by atoms with Gasteiger partial charge in [-0.25, -0.2) is 4.98 Å². The second kappa shape index (κ2) is 5.42. The number of aromatic nitrogens is 3. The van der Waals surface area contributed by atoms with Gasteiger partial charge in [0.2, 0.25) is 5.91 Å². The van der Waals surface area contributed by atoms with Crippen molar-refractivity contribution in [2.75, 3.05) is 0 Å². The van der Waals surface area contributed by atoms with Crippen LogP contribution in [0, 0.1) is 0 Å². The summed E-state index contributed by atoms with van der Waals surface area (Å²) in [4.78, 5) is 21.4. The average molecular weight is 286 g/mol. The first-order valence-corrected chi connectivity index (χ1v) is 7.21. The van der Waals surface area contributed by atoms with Gasteiger partial charge in [-0.2, -0.15) is 0 Å². The van der Waals surface area contributed by atoms with Crippen LogP contribution in [0.4, 0.5) is 0 Å². The first kappa shape index (κ1) is 12.8. The molecular weight excluding hydrogens is 272 g/mol. The average Bonchev–Trinajstić information content (AvgIpc) is 3.00. The van der Waals surface area contributed by atoms with Gasteiger partial charge in [-0.05, 0) is 18.6 Å². The lowest BCUT2D eigenvalue weighted by molar-refractivity contribution is -0.121. The molecule has 0 saturated heterocycles. The summed E-state index contributed by atoms with van der Waals surface area (Å²) in [6.45, 7) is 1.95. The molecule has 20 heavy (non-hydrogen) atoms. The van der Waals surface area contributed by atoms with Crippen LogP contribution in [-0.4, -0.2) is 20.3 Å². The second-order valence-corrected chi connectivity index (χ2v) is 5.45. The fourth-order valence-corrected chi connectivity index (χ4v) is 2.75. The molecule has 0 saturated carbocycles. The molecule has 0 spiro atoms. The van der Waals surface area contributed by atoms with Gasteiger partial charge in [0, 0.05) is 30.2 Å². The van der Waals surface area contributed by atoms with Gasteiger partial charge in [-0.3, -0.25) is 14.2 Å². The zero-order valence-electron chi connectivity index (χ0n) is 11.0. The van der Waals surface area contributed by atoms with Crippen molar-refractivity contribution in [2.24, 2.45) is 0 Å². The SMILES string of the molecule is CC(NC(=O)Cc1cn2ccsc2n1)c1cccnc1. The van der Waals surface area contributed by atoms with E-state index in [0.717, 1.165) is 16.2 Å². The third-order valence-corrected chi connectivity index (χ3v) is 3.82. The topological polar surface area (TPSA) is 59.3 Å². The largest absolute Gasteiger partial charge is 0.349 e. The van der Waals surface area contributed by atoms with Crippen molar-refractivity contribution in [2.45, 2.75) is 19.4 Å². The van der Waals surface area contributed by atoms with E-state index in [1.807, 2.05) is 41.2 Å². The predicted molar refractivity (Wildman–Crippen MR) is 77.6 cm³/mol. The molecule has 1 N–H and O–H groups in total. The molecular formula is C14H14N4OS. The second-order valence-electron chi connectivity index (χ2n) is 4.58. The Labute approximate surface area is 120 Å². The van der Waals surface area contributed by atoms with Crippen LogP contribution in [0.3, 0.4) is 0 Å². The number of thiazole rings is 1. The molecule has 0 aliphatic carbocycles. The third-order valence-electron chi connectivity index (χ3n) is 3.05. The first-order valence-electron chi connectivity index (χ1n) is 6.33. The van der Waals surface area contributed by atoms with Gasteiger partial charge >= 0.3 is 0 Å². The summed E-state index contributed by atoms with van der Waals surface area (Å²) in [6.07, 6.45) is 7.60. The van der Waals surface area contributed by atoms with Crippen molar-refractivity contribution in [3.05, 3.63) is 53.6 Å². The number of imidazole rings is 1. The maximum absolute atomic E-state index is 12.0. The number of pyridine rings is 1. The van der Waals surface area contributed by atoms with E-state index < -0.39 is 0 Å². The fraction of sp³-hybridized carbons (Fsp3) is 0.214. The van der Waals surface area contributed by atoms with Crippen molar-refractivity contribution in [1.82, 2.24) is 19.7 Å². The standard InChI is InChI=1S/C14H14N4OS/c1-10(11-3-2-4-15-8-11)16-13(19)7-12-9-18-5-6-20-14(18)17-12/h2-6,8-10H,7H2,1H3,(H,16,19). The third kappa shape index (κ3) is 2.70.